The van der Waals surface area contributed by atoms with Gasteiger partial charge in [-0.15, -0.1) is 0 Å². The molecule has 1 saturated carbocycles. The standard InChI is InChI=1S/C24H29FN4O3S/c1-15-14-29(3)23-22(15)12-21(13-26-23)33(31,32)28-20-10-6-18(7-11-20)24(30)27-16(2)17-4-8-19(25)9-5-17/h4-5,8-9,12-14,16,18,20,28H,6-7,10-11H2,1-3H3,(H,27,30)/t16-,18-,20-/m1/s1. The zero-order valence-corrected chi connectivity index (χ0v) is 19.8. The molecular formula is C24H29FN4O3S. The van der Waals surface area contributed by atoms with Crippen molar-refractivity contribution in [3.05, 3.63) is 59.7 Å². The molecule has 0 saturated heterocycles. The Morgan fingerprint density at radius 1 is 1.18 bits per heavy atom. The second kappa shape index (κ2) is 9.23. The van der Waals surface area contributed by atoms with Crippen LogP contribution in [0.2, 0.25) is 0 Å². The van der Waals surface area contributed by atoms with Gasteiger partial charge in [-0.2, -0.15) is 0 Å². The third-order valence-electron chi connectivity index (χ3n) is 6.45. The summed E-state index contributed by atoms with van der Waals surface area (Å²) >= 11 is 0. The number of rotatable bonds is 6. The number of nitrogens with one attached hydrogen (secondary N) is 2. The maximum atomic E-state index is 13.1. The Bertz CT molecular complexity index is 1260. The van der Waals surface area contributed by atoms with Crippen LogP contribution in [0.25, 0.3) is 11.0 Å². The molecule has 0 radical (unpaired) electrons. The Morgan fingerprint density at radius 2 is 1.85 bits per heavy atom. The van der Waals surface area contributed by atoms with Crippen LogP contribution in [-0.4, -0.2) is 29.9 Å². The number of fused-ring (bicyclic) bond motifs is 1. The van der Waals surface area contributed by atoms with Crippen LogP contribution in [0.1, 0.15) is 49.8 Å². The summed E-state index contributed by atoms with van der Waals surface area (Å²) in [6, 6.07) is 7.29. The van der Waals surface area contributed by atoms with Crippen LogP contribution in [0.3, 0.4) is 0 Å². The van der Waals surface area contributed by atoms with Crippen LogP contribution in [0.15, 0.2) is 47.6 Å². The molecule has 2 aromatic heterocycles. The fourth-order valence-electron chi connectivity index (χ4n) is 4.50. The normalized spacial score (nSPS) is 20.0. The number of carbonyl (C=O) groups excluding carboxylic acids is 1. The minimum absolute atomic E-state index is 0.0534. The van der Waals surface area contributed by atoms with Gasteiger partial charge in [-0.1, -0.05) is 12.1 Å². The van der Waals surface area contributed by atoms with Crippen molar-refractivity contribution in [2.45, 2.75) is 56.5 Å². The Balaban J connectivity index is 1.34. The maximum Gasteiger partial charge on any atom is 0.242 e. The highest BCUT2D eigenvalue weighted by molar-refractivity contribution is 7.89. The fraction of sp³-hybridized carbons (Fsp3) is 0.417. The summed E-state index contributed by atoms with van der Waals surface area (Å²) in [6.07, 6.45) is 5.68. The monoisotopic (exact) mass is 472 g/mol. The Kier molecular flexibility index (Phi) is 6.54. The molecule has 1 amide bonds. The van der Waals surface area contributed by atoms with Crippen molar-refractivity contribution >= 4 is 27.0 Å². The maximum absolute atomic E-state index is 13.1. The summed E-state index contributed by atoms with van der Waals surface area (Å²) in [5, 5.41) is 3.80. The minimum atomic E-state index is -3.71. The first-order valence-electron chi connectivity index (χ1n) is 11.1. The van der Waals surface area contributed by atoms with Crippen molar-refractivity contribution in [3.8, 4) is 0 Å². The quantitative estimate of drug-likeness (QED) is 0.572. The van der Waals surface area contributed by atoms with Gasteiger partial charge in [0.25, 0.3) is 0 Å². The topological polar surface area (TPSA) is 93.1 Å². The molecule has 0 unspecified atom stereocenters. The Morgan fingerprint density at radius 3 is 2.52 bits per heavy atom. The van der Waals surface area contributed by atoms with Gasteiger partial charge in [0.05, 0.1) is 6.04 Å². The third-order valence-corrected chi connectivity index (χ3v) is 7.93. The van der Waals surface area contributed by atoms with Crippen LogP contribution >= 0.6 is 0 Å². The molecule has 9 heteroatoms. The van der Waals surface area contributed by atoms with E-state index in [9.17, 15) is 17.6 Å². The molecule has 7 nitrogen and oxygen atoms in total. The van der Waals surface area contributed by atoms with Gasteiger partial charge in [-0.3, -0.25) is 4.79 Å². The van der Waals surface area contributed by atoms with E-state index in [2.05, 4.69) is 15.0 Å². The summed E-state index contributed by atoms with van der Waals surface area (Å²) in [5.74, 6) is -0.534. The average Bonchev–Trinajstić information content (AvgIpc) is 3.07. The lowest BCUT2D eigenvalue weighted by Crippen LogP contribution is -2.41. The van der Waals surface area contributed by atoms with Crippen LogP contribution in [-0.2, 0) is 21.9 Å². The number of amides is 1. The highest BCUT2D eigenvalue weighted by atomic mass is 32.2. The molecule has 2 N–H and O–H groups in total. The van der Waals surface area contributed by atoms with Gasteiger partial charge >= 0.3 is 0 Å². The average molecular weight is 473 g/mol. The smallest absolute Gasteiger partial charge is 0.242 e. The molecule has 4 rings (SSSR count). The van der Waals surface area contributed by atoms with Crippen molar-refractivity contribution in [2.75, 3.05) is 0 Å². The van der Waals surface area contributed by atoms with E-state index in [-0.39, 0.29) is 34.6 Å². The number of pyridine rings is 1. The highest BCUT2D eigenvalue weighted by Gasteiger charge is 2.30. The lowest BCUT2D eigenvalue weighted by molar-refractivity contribution is -0.126. The summed E-state index contributed by atoms with van der Waals surface area (Å²) in [7, 11) is -1.83. The number of carbonyl (C=O) groups is 1. The molecule has 1 aliphatic carbocycles. The number of benzene rings is 1. The second-order valence-electron chi connectivity index (χ2n) is 8.92. The van der Waals surface area contributed by atoms with Crippen LogP contribution in [0.4, 0.5) is 4.39 Å². The number of aryl methyl sites for hydroxylation is 2. The van der Waals surface area contributed by atoms with Gasteiger partial charge in [0.1, 0.15) is 16.4 Å². The van der Waals surface area contributed by atoms with Gasteiger partial charge in [0.15, 0.2) is 0 Å². The molecular weight excluding hydrogens is 443 g/mol. The fourth-order valence-corrected chi connectivity index (χ4v) is 5.78. The number of aromatic nitrogens is 2. The minimum Gasteiger partial charge on any atom is -0.349 e. The van der Waals surface area contributed by atoms with Crippen molar-refractivity contribution in [1.82, 2.24) is 19.6 Å². The van der Waals surface area contributed by atoms with E-state index in [1.165, 1.54) is 18.3 Å². The van der Waals surface area contributed by atoms with Crippen LogP contribution < -0.4 is 10.0 Å². The molecule has 1 atom stereocenters. The molecule has 33 heavy (non-hydrogen) atoms. The highest BCUT2D eigenvalue weighted by Crippen LogP contribution is 2.27. The van der Waals surface area contributed by atoms with E-state index in [1.54, 1.807) is 18.2 Å². The van der Waals surface area contributed by atoms with Crippen LogP contribution in [0.5, 0.6) is 0 Å². The van der Waals surface area contributed by atoms with E-state index in [1.807, 2.05) is 31.7 Å². The number of hydrogen-bond donors (Lipinski definition) is 2. The van der Waals surface area contributed by atoms with Gasteiger partial charge in [-0.05, 0) is 68.9 Å². The summed E-state index contributed by atoms with van der Waals surface area (Å²) in [5.41, 5.74) is 2.55. The first kappa shape index (κ1) is 23.4. The lowest BCUT2D eigenvalue weighted by Gasteiger charge is -2.29. The molecule has 2 heterocycles. The molecule has 3 aromatic rings. The Hall–Kier alpha value is -2.78. The molecule has 1 aliphatic rings. The number of halogens is 1. The molecule has 1 fully saturated rings. The van der Waals surface area contributed by atoms with E-state index >= 15 is 0 Å². The van der Waals surface area contributed by atoms with E-state index in [0.29, 0.717) is 25.7 Å². The number of nitrogens with zero attached hydrogens (tertiary/aromatic N) is 2. The number of sulfonamides is 1. The zero-order valence-electron chi connectivity index (χ0n) is 19.0. The molecule has 1 aromatic carbocycles. The molecule has 0 aliphatic heterocycles. The zero-order chi connectivity index (χ0) is 23.8. The molecule has 0 spiro atoms. The second-order valence-corrected chi connectivity index (χ2v) is 10.6. The molecule has 0 bridgehead atoms. The van der Waals surface area contributed by atoms with Crippen molar-refractivity contribution in [2.24, 2.45) is 13.0 Å². The SMILES string of the molecule is Cc1cn(C)c2ncc(S(=O)(=O)N[C@H]3CC[C@H](C(=O)N[C@H](C)c4ccc(F)cc4)CC3)cc12. The van der Waals surface area contributed by atoms with Gasteiger partial charge in [0.2, 0.25) is 15.9 Å². The first-order valence-corrected chi connectivity index (χ1v) is 12.6. The van der Waals surface area contributed by atoms with Crippen molar-refractivity contribution in [3.63, 3.8) is 0 Å². The largest absolute Gasteiger partial charge is 0.349 e. The predicted octanol–water partition coefficient (Wildman–Crippen LogP) is 3.74. The Labute approximate surface area is 193 Å². The van der Waals surface area contributed by atoms with Crippen molar-refractivity contribution in [1.29, 1.82) is 0 Å². The summed E-state index contributed by atoms with van der Waals surface area (Å²) < 4.78 is 43.7. The summed E-state index contributed by atoms with van der Waals surface area (Å²) in [4.78, 5) is 17.2. The summed E-state index contributed by atoms with van der Waals surface area (Å²) in [6.45, 7) is 3.79. The van der Waals surface area contributed by atoms with Gasteiger partial charge in [0, 0.05) is 36.8 Å². The van der Waals surface area contributed by atoms with Gasteiger partial charge in [-0.25, -0.2) is 22.5 Å². The predicted molar refractivity (Wildman–Crippen MR) is 124 cm³/mol. The first-order chi connectivity index (χ1) is 15.6. The van der Waals surface area contributed by atoms with Crippen LogP contribution in [0, 0.1) is 18.7 Å². The van der Waals surface area contributed by atoms with Crippen molar-refractivity contribution < 1.29 is 17.6 Å². The third kappa shape index (κ3) is 5.09. The van der Waals surface area contributed by atoms with E-state index < -0.39 is 10.0 Å². The van der Waals surface area contributed by atoms with E-state index in [0.717, 1.165) is 22.2 Å². The lowest BCUT2D eigenvalue weighted by atomic mass is 9.85. The number of hydrogen-bond acceptors (Lipinski definition) is 4. The van der Waals surface area contributed by atoms with E-state index in [4.69, 9.17) is 0 Å². The van der Waals surface area contributed by atoms with Gasteiger partial charge < -0.3 is 9.88 Å². The molecule has 176 valence electrons.